The lowest BCUT2D eigenvalue weighted by atomic mass is 9.89. The molecule has 1 spiro atoms. The predicted octanol–water partition coefficient (Wildman–Crippen LogP) is 5.24. The number of morpholine rings is 1. The van der Waals surface area contributed by atoms with E-state index < -0.39 is 6.10 Å². The SMILES string of the molecule is CC(C)c1nc(C(=O)N2CCOC3(CCN(CCCCCCCCCNCC(O)c4ccc(O)c5[nH]c(=O)sc45)CC3)C2)cs1. The number of thiazole rings is 2. The number of aromatic nitrogens is 2. The van der Waals surface area contributed by atoms with E-state index in [2.05, 4.69) is 34.0 Å². The molecule has 0 aliphatic carbocycles. The number of hydrogen-bond donors (Lipinski definition) is 4. The van der Waals surface area contributed by atoms with Crippen LogP contribution in [0.15, 0.2) is 22.3 Å². The van der Waals surface area contributed by atoms with Crippen molar-refractivity contribution in [3.8, 4) is 5.75 Å². The third-order valence-electron chi connectivity index (χ3n) is 9.15. The number of phenolic OH excluding ortho intramolecular Hbond substituents is 1. The Kier molecular flexibility index (Phi) is 12.1. The average molecular weight is 660 g/mol. The normalized spacial score (nSPS) is 17.9. The molecule has 2 aliphatic heterocycles. The van der Waals surface area contributed by atoms with E-state index in [1.807, 2.05) is 10.3 Å². The third kappa shape index (κ3) is 8.93. The van der Waals surface area contributed by atoms with E-state index in [4.69, 9.17) is 4.74 Å². The highest BCUT2D eigenvalue weighted by atomic mass is 32.1. The summed E-state index contributed by atoms with van der Waals surface area (Å²) in [5.74, 6) is 0.408. The summed E-state index contributed by atoms with van der Waals surface area (Å²) >= 11 is 2.59. The van der Waals surface area contributed by atoms with E-state index in [9.17, 15) is 19.8 Å². The maximum atomic E-state index is 13.1. The molecule has 1 amide bonds. The van der Waals surface area contributed by atoms with E-state index in [0.29, 0.717) is 53.6 Å². The number of likely N-dealkylation sites (tertiary alicyclic amines) is 1. The van der Waals surface area contributed by atoms with Gasteiger partial charge in [0.1, 0.15) is 17.0 Å². The van der Waals surface area contributed by atoms with Gasteiger partial charge in [-0.1, -0.05) is 63.4 Å². The van der Waals surface area contributed by atoms with Crippen LogP contribution in [0.1, 0.15) is 105 Å². The molecular formula is C33H49N5O5S2. The standard InChI is InChI=1S/C33H49N5O5S2/c1-23(2)30-35-25(21-44-30)31(41)38-18-19-43-33(22-38)12-16-37(17-13-33)15-9-7-5-3-4-6-8-14-34-20-27(40)24-10-11-26(39)28-29(24)45-32(42)36-28/h10-11,21,23,27,34,39-40H,3-9,12-20,22H2,1-2H3,(H,36,42). The number of carbonyl (C=O) groups excluding carboxylic acids is 1. The topological polar surface area (TPSA) is 131 Å². The van der Waals surface area contributed by atoms with Gasteiger partial charge in [0.15, 0.2) is 0 Å². The molecule has 2 aromatic heterocycles. The largest absolute Gasteiger partial charge is 0.506 e. The highest BCUT2D eigenvalue weighted by Crippen LogP contribution is 2.32. The van der Waals surface area contributed by atoms with Crippen LogP contribution in [0.4, 0.5) is 0 Å². The molecule has 45 heavy (non-hydrogen) atoms. The van der Waals surface area contributed by atoms with Gasteiger partial charge in [0.2, 0.25) is 0 Å². The van der Waals surface area contributed by atoms with Crippen molar-refractivity contribution in [2.24, 2.45) is 0 Å². The molecule has 1 atom stereocenters. The average Bonchev–Trinajstić information content (AvgIpc) is 3.68. The zero-order valence-electron chi connectivity index (χ0n) is 26.7. The van der Waals surface area contributed by atoms with Crippen LogP contribution in [0, 0.1) is 0 Å². The summed E-state index contributed by atoms with van der Waals surface area (Å²) in [7, 11) is 0. The van der Waals surface area contributed by atoms with Crippen LogP contribution in [0.25, 0.3) is 10.2 Å². The van der Waals surface area contributed by atoms with Crippen molar-refractivity contribution in [2.75, 3.05) is 52.4 Å². The molecule has 3 aromatic rings. The Hall–Kier alpha value is -2.35. The highest BCUT2D eigenvalue weighted by molar-refractivity contribution is 7.16. The highest BCUT2D eigenvalue weighted by Gasteiger charge is 2.41. The Morgan fingerprint density at radius 1 is 1.11 bits per heavy atom. The van der Waals surface area contributed by atoms with Crippen LogP contribution < -0.4 is 10.2 Å². The Morgan fingerprint density at radius 2 is 1.84 bits per heavy atom. The van der Waals surface area contributed by atoms with Crippen molar-refractivity contribution in [1.82, 2.24) is 25.1 Å². The number of H-pyrrole nitrogens is 1. The number of nitrogens with zero attached hydrogens (tertiary/aromatic N) is 3. The van der Waals surface area contributed by atoms with E-state index in [-0.39, 0.29) is 22.1 Å². The molecule has 5 rings (SSSR count). The number of rotatable bonds is 15. The number of amides is 1. The summed E-state index contributed by atoms with van der Waals surface area (Å²) in [5.41, 5.74) is 1.43. The summed E-state index contributed by atoms with van der Waals surface area (Å²) in [6, 6.07) is 3.20. The molecule has 2 aliphatic rings. The first kappa shape index (κ1) is 34.0. The fourth-order valence-corrected chi connectivity index (χ4v) is 8.16. The maximum absolute atomic E-state index is 13.1. The molecule has 4 heterocycles. The molecule has 0 radical (unpaired) electrons. The van der Waals surface area contributed by atoms with Crippen LogP contribution in [0.2, 0.25) is 0 Å². The zero-order chi connectivity index (χ0) is 31.8. The Labute approximate surface area is 273 Å². The fraction of sp³-hybridized carbons (Fsp3) is 0.667. The van der Waals surface area contributed by atoms with Gasteiger partial charge in [-0.25, -0.2) is 4.98 Å². The number of fused-ring (bicyclic) bond motifs is 1. The number of aliphatic hydroxyl groups is 1. The molecule has 12 heteroatoms. The van der Waals surface area contributed by atoms with Gasteiger partial charge < -0.3 is 35.1 Å². The summed E-state index contributed by atoms with van der Waals surface area (Å²) in [4.78, 5) is 36.3. The molecule has 1 unspecified atom stereocenters. The first-order valence-corrected chi connectivity index (χ1v) is 18.3. The van der Waals surface area contributed by atoms with Gasteiger partial charge in [-0.15, -0.1) is 11.3 Å². The number of benzene rings is 1. The lowest BCUT2D eigenvalue weighted by Gasteiger charge is -2.47. The minimum atomic E-state index is -0.730. The molecule has 10 nitrogen and oxygen atoms in total. The van der Waals surface area contributed by atoms with E-state index in [1.54, 1.807) is 17.4 Å². The summed E-state index contributed by atoms with van der Waals surface area (Å²) < 4.78 is 6.91. The summed E-state index contributed by atoms with van der Waals surface area (Å²) in [6.45, 7) is 10.6. The number of ether oxygens (including phenoxy) is 1. The molecule has 248 valence electrons. The molecule has 0 saturated carbocycles. The van der Waals surface area contributed by atoms with Crippen LogP contribution in [0.3, 0.4) is 0 Å². The fourth-order valence-electron chi connectivity index (χ4n) is 6.44. The monoisotopic (exact) mass is 659 g/mol. The van der Waals surface area contributed by atoms with Gasteiger partial charge in [-0.05, 0) is 44.8 Å². The van der Waals surface area contributed by atoms with Gasteiger partial charge in [0.25, 0.3) is 5.91 Å². The number of aromatic hydroxyl groups is 1. The number of carbonyl (C=O) groups is 1. The number of nitrogens with one attached hydrogen (secondary N) is 2. The second-order valence-electron chi connectivity index (χ2n) is 12.9. The second-order valence-corrected chi connectivity index (χ2v) is 14.8. The minimum absolute atomic E-state index is 0.0248. The lowest BCUT2D eigenvalue weighted by molar-refractivity contribution is -0.127. The number of hydrogen-bond acceptors (Lipinski definition) is 10. The van der Waals surface area contributed by atoms with Crippen LogP contribution in [-0.2, 0) is 4.74 Å². The van der Waals surface area contributed by atoms with Crippen molar-refractivity contribution in [2.45, 2.75) is 89.3 Å². The van der Waals surface area contributed by atoms with E-state index in [0.717, 1.165) is 61.8 Å². The quantitative estimate of drug-likeness (QED) is 0.163. The van der Waals surface area contributed by atoms with Gasteiger partial charge in [-0.2, -0.15) is 0 Å². The molecule has 4 N–H and O–H groups in total. The maximum Gasteiger partial charge on any atom is 0.305 e. The van der Waals surface area contributed by atoms with Crippen molar-refractivity contribution < 1.29 is 19.7 Å². The van der Waals surface area contributed by atoms with Crippen LogP contribution >= 0.6 is 22.7 Å². The van der Waals surface area contributed by atoms with Gasteiger partial charge >= 0.3 is 4.87 Å². The third-order valence-corrected chi connectivity index (χ3v) is 11.2. The van der Waals surface area contributed by atoms with Crippen LogP contribution in [-0.4, -0.2) is 93.9 Å². The van der Waals surface area contributed by atoms with Crippen molar-refractivity contribution >= 4 is 38.8 Å². The van der Waals surface area contributed by atoms with Gasteiger partial charge in [0, 0.05) is 43.0 Å². The van der Waals surface area contributed by atoms with Crippen molar-refractivity contribution in [3.63, 3.8) is 0 Å². The summed E-state index contributed by atoms with van der Waals surface area (Å²) in [6.07, 6.45) is 9.66. The molecule has 1 aromatic carbocycles. The number of aliphatic hydroxyl groups excluding tert-OH is 1. The first-order valence-electron chi connectivity index (χ1n) is 16.6. The lowest BCUT2D eigenvalue weighted by Crippen LogP contribution is -2.58. The molecule has 2 fully saturated rings. The number of phenols is 1. The van der Waals surface area contributed by atoms with Gasteiger partial charge in [-0.3, -0.25) is 9.59 Å². The number of piperidine rings is 1. The van der Waals surface area contributed by atoms with E-state index >= 15 is 0 Å². The Balaban J connectivity index is 0.891. The molecule has 0 bridgehead atoms. The van der Waals surface area contributed by atoms with Crippen molar-refractivity contribution in [3.05, 3.63) is 43.4 Å². The minimum Gasteiger partial charge on any atom is -0.506 e. The number of unbranched alkanes of at least 4 members (excludes halogenated alkanes) is 6. The first-order chi connectivity index (χ1) is 21.7. The Morgan fingerprint density at radius 3 is 2.58 bits per heavy atom. The number of aromatic amines is 1. The smallest absolute Gasteiger partial charge is 0.305 e. The second kappa shape index (κ2) is 16.0. The van der Waals surface area contributed by atoms with Crippen LogP contribution in [0.5, 0.6) is 5.75 Å². The predicted molar refractivity (Wildman–Crippen MR) is 181 cm³/mol. The molecule has 2 saturated heterocycles. The Bertz CT molecular complexity index is 1440. The molecular weight excluding hydrogens is 611 g/mol. The van der Waals surface area contributed by atoms with Crippen molar-refractivity contribution in [1.29, 1.82) is 0 Å². The van der Waals surface area contributed by atoms with Gasteiger partial charge in [0.05, 0.1) is 34.6 Å². The zero-order valence-corrected chi connectivity index (χ0v) is 28.3. The van der Waals surface area contributed by atoms with E-state index in [1.165, 1.54) is 44.6 Å². The summed E-state index contributed by atoms with van der Waals surface area (Å²) in [5, 5.41) is 26.8.